The molecule has 1 heterocycles. The van der Waals surface area contributed by atoms with Gasteiger partial charge in [0.1, 0.15) is 0 Å². The molecular formula is C15H21N3O. The average Bonchev–Trinajstić information content (AvgIpc) is 2.43. The summed E-state index contributed by atoms with van der Waals surface area (Å²) in [7, 11) is 0. The van der Waals surface area contributed by atoms with Gasteiger partial charge in [-0.25, -0.2) is 0 Å². The predicted molar refractivity (Wildman–Crippen MR) is 76.9 cm³/mol. The lowest BCUT2D eigenvalue weighted by atomic mass is 9.98. The second-order valence-corrected chi connectivity index (χ2v) is 5.07. The Kier molecular flexibility index (Phi) is 4.64. The molecule has 1 unspecified atom stereocenters. The van der Waals surface area contributed by atoms with E-state index < -0.39 is 0 Å². The first kappa shape index (κ1) is 13.7. The Labute approximate surface area is 114 Å². The molecule has 19 heavy (non-hydrogen) atoms. The summed E-state index contributed by atoms with van der Waals surface area (Å²) in [6, 6.07) is 8.48. The molecule has 2 rings (SSSR count). The minimum absolute atomic E-state index is 0.223. The molecule has 1 aromatic carbocycles. The molecule has 1 atom stereocenters. The first-order valence-corrected chi connectivity index (χ1v) is 6.89. The predicted octanol–water partition coefficient (Wildman–Crippen LogP) is 2.08. The Morgan fingerprint density at radius 2 is 2.26 bits per heavy atom. The highest BCUT2D eigenvalue weighted by atomic mass is 16.3. The topological polar surface area (TPSA) is 73.3 Å². The van der Waals surface area contributed by atoms with Gasteiger partial charge < -0.3 is 15.7 Å². The molecule has 102 valence electrons. The quantitative estimate of drug-likeness (QED) is 0.812. The number of nitrogen functional groups attached to an aromatic ring is 1. The number of anilines is 2. The maximum atomic E-state index is 9.18. The first-order valence-electron chi connectivity index (χ1n) is 6.89. The van der Waals surface area contributed by atoms with Crippen molar-refractivity contribution in [3.8, 4) is 6.07 Å². The molecule has 4 nitrogen and oxygen atoms in total. The van der Waals surface area contributed by atoms with Crippen molar-refractivity contribution in [1.29, 1.82) is 5.26 Å². The monoisotopic (exact) mass is 259 g/mol. The van der Waals surface area contributed by atoms with Crippen molar-refractivity contribution in [2.75, 3.05) is 23.8 Å². The van der Waals surface area contributed by atoms with E-state index in [0.717, 1.165) is 30.6 Å². The van der Waals surface area contributed by atoms with Crippen molar-refractivity contribution < 1.29 is 5.11 Å². The van der Waals surface area contributed by atoms with Gasteiger partial charge in [-0.3, -0.25) is 0 Å². The Hall–Kier alpha value is -1.73. The van der Waals surface area contributed by atoms with Crippen molar-refractivity contribution in [3.63, 3.8) is 0 Å². The van der Waals surface area contributed by atoms with Crippen molar-refractivity contribution >= 4 is 11.4 Å². The lowest BCUT2D eigenvalue weighted by Crippen LogP contribution is -2.40. The summed E-state index contributed by atoms with van der Waals surface area (Å²) < 4.78 is 0. The van der Waals surface area contributed by atoms with Crippen LogP contribution in [0.1, 0.15) is 31.2 Å². The lowest BCUT2D eigenvalue weighted by molar-refractivity contribution is 0.262. The number of benzene rings is 1. The van der Waals surface area contributed by atoms with E-state index in [2.05, 4.69) is 11.0 Å². The van der Waals surface area contributed by atoms with Gasteiger partial charge in [0.15, 0.2) is 0 Å². The van der Waals surface area contributed by atoms with Crippen LogP contribution in [0.3, 0.4) is 0 Å². The van der Waals surface area contributed by atoms with Gasteiger partial charge in [0.2, 0.25) is 0 Å². The average molecular weight is 259 g/mol. The summed E-state index contributed by atoms with van der Waals surface area (Å²) in [5, 5.41) is 18.0. The van der Waals surface area contributed by atoms with Gasteiger partial charge in [-0.15, -0.1) is 0 Å². The molecule has 3 N–H and O–H groups in total. The van der Waals surface area contributed by atoms with E-state index in [1.165, 1.54) is 12.8 Å². The number of hydrogen-bond donors (Lipinski definition) is 2. The van der Waals surface area contributed by atoms with Gasteiger partial charge in [-0.2, -0.15) is 5.26 Å². The highest BCUT2D eigenvalue weighted by Gasteiger charge is 2.22. The molecule has 1 saturated heterocycles. The molecule has 1 fully saturated rings. The fourth-order valence-corrected chi connectivity index (χ4v) is 2.80. The van der Waals surface area contributed by atoms with Crippen LogP contribution in [0.25, 0.3) is 0 Å². The highest BCUT2D eigenvalue weighted by molar-refractivity contribution is 5.59. The third-order valence-corrected chi connectivity index (χ3v) is 3.82. The van der Waals surface area contributed by atoms with Crippen LogP contribution < -0.4 is 10.6 Å². The summed E-state index contributed by atoms with van der Waals surface area (Å²) in [6.45, 7) is 1.24. The molecule has 0 aliphatic carbocycles. The van der Waals surface area contributed by atoms with Crippen LogP contribution >= 0.6 is 0 Å². The van der Waals surface area contributed by atoms with Gasteiger partial charge >= 0.3 is 0 Å². The van der Waals surface area contributed by atoms with Gasteiger partial charge in [0.25, 0.3) is 0 Å². The zero-order valence-electron chi connectivity index (χ0n) is 11.2. The molecule has 1 aliphatic heterocycles. The van der Waals surface area contributed by atoms with E-state index in [9.17, 15) is 5.11 Å². The van der Waals surface area contributed by atoms with Crippen molar-refractivity contribution in [2.45, 2.75) is 38.1 Å². The van der Waals surface area contributed by atoms with E-state index >= 15 is 0 Å². The maximum Gasteiger partial charge on any atom is 0.0670 e. The molecule has 1 aromatic rings. The van der Waals surface area contributed by atoms with E-state index in [-0.39, 0.29) is 6.61 Å². The highest BCUT2D eigenvalue weighted by Crippen LogP contribution is 2.29. The van der Waals surface area contributed by atoms with Crippen molar-refractivity contribution in [2.24, 2.45) is 0 Å². The van der Waals surface area contributed by atoms with Crippen molar-refractivity contribution in [3.05, 3.63) is 23.8 Å². The Morgan fingerprint density at radius 3 is 3.00 bits per heavy atom. The minimum atomic E-state index is 0.223. The van der Waals surface area contributed by atoms with Crippen LogP contribution in [-0.4, -0.2) is 24.3 Å². The Morgan fingerprint density at radius 1 is 1.42 bits per heavy atom. The number of nitrogens with two attached hydrogens (primary N) is 1. The minimum Gasteiger partial charge on any atom is -0.398 e. The second-order valence-electron chi connectivity index (χ2n) is 5.07. The largest absolute Gasteiger partial charge is 0.398 e. The smallest absolute Gasteiger partial charge is 0.0670 e. The Balaban J connectivity index is 2.23. The van der Waals surface area contributed by atoms with Gasteiger partial charge in [0, 0.05) is 30.6 Å². The van der Waals surface area contributed by atoms with Crippen LogP contribution in [0.4, 0.5) is 11.4 Å². The number of aliphatic hydroxyl groups is 1. The number of hydrogen-bond acceptors (Lipinski definition) is 4. The second kappa shape index (κ2) is 6.44. The standard InChI is InChI=1S/C15H21N3O/c16-8-6-12-11-14(4-5-15(12)17)18-9-2-1-3-13(18)7-10-19/h4-5,11,13,19H,1-3,6-7,9-10,17H2. The zero-order chi connectivity index (χ0) is 13.7. The normalized spacial score (nSPS) is 19.2. The third kappa shape index (κ3) is 3.18. The summed E-state index contributed by atoms with van der Waals surface area (Å²) >= 11 is 0. The summed E-state index contributed by atoms with van der Waals surface area (Å²) in [5.74, 6) is 0. The molecule has 0 bridgehead atoms. The Bertz CT molecular complexity index is 465. The van der Waals surface area contributed by atoms with Crippen LogP contribution in [0.15, 0.2) is 18.2 Å². The van der Waals surface area contributed by atoms with Gasteiger partial charge in [-0.1, -0.05) is 0 Å². The van der Waals surface area contributed by atoms with Gasteiger partial charge in [-0.05, 0) is 49.4 Å². The van der Waals surface area contributed by atoms with E-state index in [4.69, 9.17) is 11.0 Å². The lowest BCUT2D eigenvalue weighted by Gasteiger charge is -2.37. The van der Waals surface area contributed by atoms with Crippen LogP contribution in [0.5, 0.6) is 0 Å². The van der Waals surface area contributed by atoms with E-state index in [0.29, 0.717) is 18.2 Å². The summed E-state index contributed by atoms with van der Waals surface area (Å²) in [4.78, 5) is 2.35. The molecule has 0 amide bonds. The molecule has 0 saturated carbocycles. The number of nitrogens with zero attached hydrogens (tertiary/aromatic N) is 2. The van der Waals surface area contributed by atoms with Crippen LogP contribution in [-0.2, 0) is 6.42 Å². The van der Waals surface area contributed by atoms with Crippen LogP contribution in [0.2, 0.25) is 0 Å². The van der Waals surface area contributed by atoms with E-state index in [1.54, 1.807) is 0 Å². The fourth-order valence-electron chi connectivity index (χ4n) is 2.80. The number of rotatable bonds is 4. The molecular weight excluding hydrogens is 238 g/mol. The molecule has 0 spiro atoms. The maximum absolute atomic E-state index is 9.18. The third-order valence-electron chi connectivity index (χ3n) is 3.82. The van der Waals surface area contributed by atoms with Crippen LogP contribution in [0, 0.1) is 11.3 Å². The fraction of sp³-hybridized carbons (Fsp3) is 0.533. The molecule has 0 aromatic heterocycles. The zero-order valence-corrected chi connectivity index (χ0v) is 11.2. The number of nitriles is 1. The molecule has 1 aliphatic rings. The van der Waals surface area contributed by atoms with Crippen molar-refractivity contribution in [1.82, 2.24) is 0 Å². The molecule has 4 heteroatoms. The van der Waals surface area contributed by atoms with E-state index in [1.807, 2.05) is 18.2 Å². The summed E-state index contributed by atoms with van der Waals surface area (Å²) in [6.07, 6.45) is 4.68. The number of aliphatic hydroxyl groups excluding tert-OH is 1. The SMILES string of the molecule is N#CCc1cc(N2CCCCC2CCO)ccc1N. The number of piperidine rings is 1. The summed E-state index contributed by atoms with van der Waals surface area (Å²) in [5.41, 5.74) is 8.59. The molecule has 0 radical (unpaired) electrons. The first-order chi connectivity index (χ1) is 9.26. The van der Waals surface area contributed by atoms with Gasteiger partial charge in [0.05, 0.1) is 12.5 Å².